The summed E-state index contributed by atoms with van der Waals surface area (Å²) in [6.45, 7) is 3.00. The number of halogens is 4. The summed E-state index contributed by atoms with van der Waals surface area (Å²) in [5.74, 6) is 0. The van der Waals surface area contributed by atoms with Gasteiger partial charge in [-0.05, 0) is 37.1 Å². The van der Waals surface area contributed by atoms with Crippen molar-refractivity contribution in [1.82, 2.24) is 19.6 Å². The van der Waals surface area contributed by atoms with E-state index in [-0.39, 0.29) is 0 Å². The zero-order valence-electron chi connectivity index (χ0n) is 17.2. The van der Waals surface area contributed by atoms with Crippen molar-refractivity contribution in [2.24, 2.45) is 0 Å². The second-order valence-corrected chi connectivity index (χ2v) is 9.23. The molecule has 166 valence electrons. The normalized spacial score (nSPS) is 11.2. The minimum atomic E-state index is 0.607. The molecule has 2 aromatic heterocycles. The molecule has 0 spiro atoms. The first-order chi connectivity index (χ1) is 15.5. The lowest BCUT2D eigenvalue weighted by molar-refractivity contribution is -0.708. The molecule has 0 aliphatic heterocycles. The monoisotopic (exact) mass is 510 g/mol. The van der Waals surface area contributed by atoms with Gasteiger partial charge in [0.25, 0.3) is 12.7 Å². The first-order valence-corrected chi connectivity index (χ1v) is 11.7. The molecule has 6 nitrogen and oxygen atoms in total. The average Bonchev–Trinajstić information content (AvgIpc) is 3.39. The topological polar surface area (TPSA) is 43.4 Å². The summed E-state index contributed by atoms with van der Waals surface area (Å²) in [7, 11) is 0. The Morgan fingerprint density at radius 1 is 0.656 bits per heavy atom. The van der Waals surface area contributed by atoms with Gasteiger partial charge in [0.1, 0.15) is 13.1 Å². The van der Waals surface area contributed by atoms with Crippen LogP contribution in [0.4, 0.5) is 0 Å². The molecule has 0 N–H and O–H groups in total. The van der Waals surface area contributed by atoms with Gasteiger partial charge in [-0.3, -0.25) is 0 Å². The SMILES string of the molecule is Clc1ccc(Cn2c[n+](CCCC[n+]3cnn(Cc4ccc(Cl)cc4Cl)c3)cn2)c(Cl)c1. The van der Waals surface area contributed by atoms with Gasteiger partial charge in [0, 0.05) is 41.4 Å². The van der Waals surface area contributed by atoms with Gasteiger partial charge in [0.2, 0.25) is 12.7 Å². The molecule has 2 heterocycles. The predicted molar refractivity (Wildman–Crippen MR) is 125 cm³/mol. The third kappa shape index (κ3) is 6.23. The fourth-order valence-electron chi connectivity index (χ4n) is 3.36. The van der Waals surface area contributed by atoms with Gasteiger partial charge in [-0.1, -0.05) is 58.5 Å². The van der Waals surface area contributed by atoms with E-state index < -0.39 is 0 Å². The molecule has 0 fully saturated rings. The highest BCUT2D eigenvalue weighted by atomic mass is 35.5. The number of aromatic nitrogens is 6. The highest BCUT2D eigenvalue weighted by Gasteiger charge is 2.11. The third-order valence-electron chi connectivity index (χ3n) is 5.04. The van der Waals surface area contributed by atoms with Crippen molar-refractivity contribution in [2.45, 2.75) is 39.0 Å². The van der Waals surface area contributed by atoms with Crippen molar-refractivity contribution in [3.63, 3.8) is 0 Å². The van der Waals surface area contributed by atoms with Crippen LogP contribution in [0.2, 0.25) is 20.1 Å². The van der Waals surface area contributed by atoms with Crippen molar-refractivity contribution in [2.75, 3.05) is 0 Å². The van der Waals surface area contributed by atoms with Crippen LogP contribution in [0.3, 0.4) is 0 Å². The van der Waals surface area contributed by atoms with Gasteiger partial charge >= 0.3 is 0 Å². The second-order valence-electron chi connectivity index (χ2n) is 7.54. The summed E-state index contributed by atoms with van der Waals surface area (Å²) >= 11 is 24.4. The summed E-state index contributed by atoms with van der Waals surface area (Å²) in [6.07, 6.45) is 9.71. The van der Waals surface area contributed by atoms with Gasteiger partial charge in [0.15, 0.2) is 0 Å². The maximum Gasteiger partial charge on any atom is 0.265 e. The van der Waals surface area contributed by atoms with E-state index in [1.54, 1.807) is 12.1 Å². The van der Waals surface area contributed by atoms with Crippen molar-refractivity contribution in [3.8, 4) is 0 Å². The summed E-state index contributed by atoms with van der Waals surface area (Å²) in [5.41, 5.74) is 1.97. The number of benzene rings is 2. The maximum absolute atomic E-state index is 6.25. The Balaban J connectivity index is 1.23. The zero-order chi connectivity index (χ0) is 22.5. The fraction of sp³-hybridized carbons (Fsp3) is 0.273. The van der Waals surface area contributed by atoms with Gasteiger partial charge in [-0.2, -0.15) is 0 Å². The van der Waals surface area contributed by atoms with Crippen LogP contribution in [0.25, 0.3) is 0 Å². The lowest BCUT2D eigenvalue weighted by Crippen LogP contribution is -2.34. The van der Waals surface area contributed by atoms with E-state index in [0.29, 0.717) is 33.2 Å². The summed E-state index contributed by atoms with van der Waals surface area (Å²) in [4.78, 5) is 0. The fourth-order valence-corrected chi connectivity index (χ4v) is 4.30. The molecule has 4 aromatic rings. The molecule has 0 bridgehead atoms. The summed E-state index contributed by atoms with van der Waals surface area (Å²) < 4.78 is 7.91. The van der Waals surface area contributed by atoms with Gasteiger partial charge < -0.3 is 0 Å². The van der Waals surface area contributed by atoms with Crippen LogP contribution in [-0.2, 0) is 26.2 Å². The quantitative estimate of drug-likeness (QED) is 0.238. The standard InChI is InChI=1S/C22H22Cl4N6/c23-19-5-3-17(21(25)9-19)11-31-15-29(13-27-31)7-1-2-8-30-14-28-32(16-30)12-18-4-6-20(24)10-22(18)26/h3-6,9-10,13-16H,1-2,7-8,11-12H2/q+2. The Morgan fingerprint density at radius 2 is 1.09 bits per heavy atom. The number of nitrogens with zero attached hydrogens (tertiary/aromatic N) is 6. The predicted octanol–water partition coefficient (Wildman–Crippen LogP) is 4.85. The Bertz CT molecular complexity index is 1110. The number of hydrogen-bond acceptors (Lipinski definition) is 2. The van der Waals surface area contributed by atoms with Gasteiger partial charge in [0.05, 0.1) is 13.1 Å². The van der Waals surface area contributed by atoms with E-state index in [0.717, 1.165) is 37.1 Å². The molecule has 0 aliphatic carbocycles. The lowest BCUT2D eigenvalue weighted by atomic mass is 10.2. The van der Waals surface area contributed by atoms with Crippen molar-refractivity contribution in [1.29, 1.82) is 0 Å². The van der Waals surface area contributed by atoms with E-state index in [4.69, 9.17) is 46.4 Å². The van der Waals surface area contributed by atoms with E-state index in [2.05, 4.69) is 19.3 Å². The highest BCUT2D eigenvalue weighted by Crippen LogP contribution is 2.22. The van der Waals surface area contributed by atoms with E-state index in [9.17, 15) is 0 Å². The number of aryl methyl sites for hydroxylation is 2. The highest BCUT2D eigenvalue weighted by molar-refractivity contribution is 6.35. The number of rotatable bonds is 9. The summed E-state index contributed by atoms with van der Waals surface area (Å²) in [6, 6.07) is 11.0. The Labute approximate surface area is 206 Å². The van der Waals surface area contributed by atoms with E-state index in [1.807, 2.05) is 58.9 Å². The van der Waals surface area contributed by atoms with Crippen molar-refractivity contribution in [3.05, 3.63) is 92.9 Å². The molecule has 0 unspecified atom stereocenters. The molecule has 10 heteroatoms. The average molecular weight is 512 g/mol. The van der Waals surface area contributed by atoms with Crippen LogP contribution in [0.1, 0.15) is 24.0 Å². The summed E-state index contributed by atoms with van der Waals surface area (Å²) in [5, 5.41) is 11.4. The Kier molecular flexibility index (Phi) is 7.68. The second kappa shape index (κ2) is 10.7. The van der Waals surface area contributed by atoms with E-state index in [1.165, 1.54) is 0 Å². The zero-order valence-corrected chi connectivity index (χ0v) is 20.2. The molecule has 32 heavy (non-hydrogen) atoms. The van der Waals surface area contributed by atoms with Crippen LogP contribution < -0.4 is 9.13 Å². The molecule has 2 aromatic carbocycles. The molecule has 0 saturated heterocycles. The third-order valence-corrected chi connectivity index (χ3v) is 6.21. The lowest BCUT2D eigenvalue weighted by Gasteiger charge is -2.01. The Hall–Kier alpha value is -2.12. The molecular weight excluding hydrogens is 490 g/mol. The molecule has 0 atom stereocenters. The van der Waals surface area contributed by atoms with E-state index >= 15 is 0 Å². The van der Waals surface area contributed by atoms with Crippen molar-refractivity contribution < 1.29 is 9.13 Å². The van der Waals surface area contributed by atoms with Crippen molar-refractivity contribution >= 4 is 46.4 Å². The van der Waals surface area contributed by atoms with Gasteiger partial charge in [-0.25, -0.2) is 9.13 Å². The van der Waals surface area contributed by atoms with Crippen LogP contribution in [0, 0.1) is 0 Å². The molecule has 0 radical (unpaired) electrons. The van der Waals surface area contributed by atoms with Gasteiger partial charge in [-0.15, -0.1) is 9.36 Å². The van der Waals surface area contributed by atoms with Crippen LogP contribution in [0.5, 0.6) is 0 Å². The van der Waals surface area contributed by atoms with Crippen LogP contribution in [-0.4, -0.2) is 19.6 Å². The minimum absolute atomic E-state index is 0.607. The molecule has 0 amide bonds. The Morgan fingerprint density at radius 3 is 1.50 bits per heavy atom. The molecule has 0 saturated carbocycles. The largest absolute Gasteiger partial charge is 0.265 e. The minimum Gasteiger partial charge on any atom is -0.237 e. The smallest absolute Gasteiger partial charge is 0.237 e. The molecule has 4 rings (SSSR count). The molecular formula is C22H22Cl4N6+2. The van der Waals surface area contributed by atoms with Crippen LogP contribution >= 0.6 is 46.4 Å². The number of unbranched alkanes of at least 4 members (excludes halogenated alkanes) is 1. The first-order valence-electron chi connectivity index (χ1n) is 10.2. The number of hydrogen-bond donors (Lipinski definition) is 0. The van der Waals surface area contributed by atoms with Crippen LogP contribution in [0.15, 0.2) is 61.7 Å². The molecule has 0 aliphatic rings. The maximum atomic E-state index is 6.25. The first kappa shape index (κ1) is 23.1.